The molecule has 0 spiro atoms. The lowest BCUT2D eigenvalue weighted by Crippen LogP contribution is -2.05. The first kappa shape index (κ1) is 18.3. The Morgan fingerprint density at radius 2 is 1.68 bits per heavy atom. The first-order valence-corrected chi connectivity index (χ1v) is 7.82. The fraction of sp³-hybridized carbons (Fsp3) is 0.368. The van der Waals surface area contributed by atoms with E-state index in [-0.39, 0.29) is 0 Å². The van der Waals surface area contributed by atoms with E-state index in [1.807, 2.05) is 32.0 Å². The van der Waals surface area contributed by atoms with Gasteiger partial charge in [0.25, 0.3) is 0 Å². The number of hydrogen-bond acceptors (Lipinski definition) is 2. The van der Waals surface area contributed by atoms with Crippen molar-refractivity contribution in [2.24, 2.45) is 0 Å². The summed E-state index contributed by atoms with van der Waals surface area (Å²) in [5, 5.41) is 0. The third-order valence-electron chi connectivity index (χ3n) is 3.20. The molecule has 1 heterocycles. The van der Waals surface area contributed by atoms with Crippen molar-refractivity contribution in [1.29, 1.82) is 0 Å². The van der Waals surface area contributed by atoms with Crippen molar-refractivity contribution in [3.8, 4) is 16.9 Å². The number of rotatable bonds is 4. The maximum absolute atomic E-state index is 5.80. The van der Waals surface area contributed by atoms with Crippen LogP contribution in [0.4, 0.5) is 0 Å². The van der Waals surface area contributed by atoms with E-state index in [1.54, 1.807) is 0 Å². The molecule has 3 heteroatoms. The van der Waals surface area contributed by atoms with E-state index in [9.17, 15) is 0 Å². The van der Waals surface area contributed by atoms with Gasteiger partial charge in [0, 0.05) is 0 Å². The van der Waals surface area contributed by atoms with Gasteiger partial charge in [-0.2, -0.15) is 0 Å². The molecule has 1 saturated heterocycles. The molecule has 1 aliphatic rings. The molecule has 1 atom stereocenters. The molecule has 0 amide bonds. The van der Waals surface area contributed by atoms with Crippen molar-refractivity contribution in [1.82, 2.24) is 0 Å². The van der Waals surface area contributed by atoms with Gasteiger partial charge in [0.15, 0.2) is 0 Å². The van der Waals surface area contributed by atoms with Crippen molar-refractivity contribution in [2.45, 2.75) is 33.7 Å². The third kappa shape index (κ3) is 5.23. The van der Waals surface area contributed by atoms with Crippen LogP contribution in [0.2, 0.25) is 6.82 Å². The average Bonchev–Trinajstić information content (AvgIpc) is 3.43. The Kier molecular flexibility index (Phi) is 8.38. The minimum Gasteiger partial charge on any atom is -0.490 e. The van der Waals surface area contributed by atoms with Crippen LogP contribution in [-0.4, -0.2) is 27.2 Å². The Labute approximate surface area is 135 Å². The van der Waals surface area contributed by atoms with Gasteiger partial charge in [0.05, 0.1) is 14.5 Å². The van der Waals surface area contributed by atoms with Gasteiger partial charge in [-0.25, -0.2) is 0 Å². The van der Waals surface area contributed by atoms with Crippen LogP contribution < -0.4 is 4.74 Å². The van der Waals surface area contributed by atoms with E-state index in [0.29, 0.717) is 12.7 Å². The van der Waals surface area contributed by atoms with Gasteiger partial charge in [-0.3, -0.25) is 0 Å². The maximum atomic E-state index is 5.80. The lowest BCUT2D eigenvalue weighted by Gasteiger charge is -2.12. The zero-order chi connectivity index (χ0) is 16.4. The minimum absolute atomic E-state index is 0.296. The van der Waals surface area contributed by atoms with Crippen molar-refractivity contribution in [2.75, 3.05) is 13.2 Å². The molecule has 0 N–H and O–H groups in total. The number of ether oxygens (including phenoxy) is 2. The van der Waals surface area contributed by atoms with E-state index in [0.717, 1.165) is 12.4 Å². The van der Waals surface area contributed by atoms with Crippen LogP contribution in [0.15, 0.2) is 48.5 Å². The smallest absolute Gasteiger partial charge is 0.122 e. The van der Waals surface area contributed by atoms with Crippen molar-refractivity contribution < 1.29 is 9.47 Å². The molecule has 2 aromatic carbocycles. The van der Waals surface area contributed by atoms with Gasteiger partial charge in [0.1, 0.15) is 18.5 Å². The average molecular weight is 296 g/mol. The topological polar surface area (TPSA) is 21.8 Å². The highest BCUT2D eigenvalue weighted by atomic mass is 16.6. The van der Waals surface area contributed by atoms with Crippen LogP contribution in [0.25, 0.3) is 11.1 Å². The van der Waals surface area contributed by atoms with Crippen molar-refractivity contribution in [3.05, 3.63) is 54.1 Å². The van der Waals surface area contributed by atoms with Crippen LogP contribution in [0.3, 0.4) is 0 Å². The Bertz CT molecular complexity index is 536. The highest BCUT2D eigenvalue weighted by Gasteiger charge is 2.23. The molecule has 0 bridgehead atoms. The highest BCUT2D eigenvalue weighted by molar-refractivity contribution is 6.05. The molecule has 116 valence electrons. The third-order valence-corrected chi connectivity index (χ3v) is 3.20. The molecular weight excluding hydrogens is 271 g/mol. The molecule has 3 rings (SSSR count). The molecule has 2 radical (unpaired) electrons. The summed E-state index contributed by atoms with van der Waals surface area (Å²) < 4.78 is 11.0. The summed E-state index contributed by atoms with van der Waals surface area (Å²) in [6, 6.07) is 16.6. The van der Waals surface area contributed by atoms with E-state index >= 15 is 0 Å². The maximum Gasteiger partial charge on any atom is 0.122 e. The van der Waals surface area contributed by atoms with Crippen LogP contribution in [0.1, 0.15) is 19.4 Å². The van der Waals surface area contributed by atoms with Gasteiger partial charge < -0.3 is 9.47 Å². The summed E-state index contributed by atoms with van der Waals surface area (Å²) in [7, 11) is 4.50. The zero-order valence-electron chi connectivity index (χ0n) is 14.0. The number of epoxide rings is 1. The lowest BCUT2D eigenvalue weighted by atomic mass is 10.00. The van der Waals surface area contributed by atoms with Gasteiger partial charge in [-0.15, -0.1) is 0 Å². The first-order chi connectivity index (χ1) is 10.8. The second-order valence-corrected chi connectivity index (χ2v) is 4.56. The molecule has 22 heavy (non-hydrogen) atoms. The van der Waals surface area contributed by atoms with Gasteiger partial charge in [0.2, 0.25) is 0 Å². The molecule has 0 aliphatic carbocycles. The van der Waals surface area contributed by atoms with E-state index in [2.05, 4.69) is 45.1 Å². The van der Waals surface area contributed by atoms with Crippen molar-refractivity contribution >= 4 is 7.85 Å². The summed E-state index contributed by atoms with van der Waals surface area (Å²) >= 11 is 0. The SMILES string of the molecule is CC.Cc1c(OCC2CO2)cccc1-c1ccccc1.[B]C. The second-order valence-electron chi connectivity index (χ2n) is 4.56. The number of hydrogen-bond donors (Lipinski definition) is 0. The molecular formula is C19H25BO2. The van der Waals surface area contributed by atoms with Crippen LogP contribution in [0.5, 0.6) is 5.75 Å². The Balaban J connectivity index is 0.000000561. The fourth-order valence-electron chi connectivity index (χ4n) is 2.05. The Hall–Kier alpha value is -1.74. The molecule has 1 fully saturated rings. The first-order valence-electron chi connectivity index (χ1n) is 7.82. The van der Waals surface area contributed by atoms with Gasteiger partial charge in [-0.05, 0) is 29.7 Å². The van der Waals surface area contributed by atoms with Crippen LogP contribution >= 0.6 is 0 Å². The standard InChI is InChI=1S/C16H16O2.C2H6.CH3B/c1-12-15(13-6-3-2-4-7-13)8-5-9-16(12)18-11-14-10-17-14;2*1-2/h2-9,14H,10-11H2,1H3;1-2H3;1H3. The predicted octanol–water partition coefficient (Wildman–Crippen LogP) is 4.67. The van der Waals surface area contributed by atoms with Gasteiger partial charge >= 0.3 is 0 Å². The lowest BCUT2D eigenvalue weighted by molar-refractivity contribution is 0.262. The summed E-state index contributed by atoms with van der Waals surface area (Å²) in [5.74, 6) is 0.951. The minimum atomic E-state index is 0.296. The van der Waals surface area contributed by atoms with Crippen LogP contribution in [0, 0.1) is 6.92 Å². The quantitative estimate of drug-likeness (QED) is 0.604. The zero-order valence-corrected chi connectivity index (χ0v) is 14.0. The molecule has 1 unspecified atom stereocenters. The van der Waals surface area contributed by atoms with Gasteiger partial charge in [-0.1, -0.05) is 63.1 Å². The molecule has 0 aromatic heterocycles. The highest BCUT2D eigenvalue weighted by Crippen LogP contribution is 2.30. The monoisotopic (exact) mass is 296 g/mol. The predicted molar refractivity (Wildman–Crippen MR) is 94.8 cm³/mol. The fourth-order valence-corrected chi connectivity index (χ4v) is 2.05. The van der Waals surface area contributed by atoms with Crippen molar-refractivity contribution in [3.63, 3.8) is 0 Å². The summed E-state index contributed by atoms with van der Waals surface area (Å²) in [6.45, 7) is 9.09. The summed E-state index contributed by atoms with van der Waals surface area (Å²) in [6.07, 6.45) is 0.296. The number of benzene rings is 2. The molecule has 0 saturated carbocycles. The Morgan fingerprint density at radius 1 is 1.05 bits per heavy atom. The summed E-state index contributed by atoms with van der Waals surface area (Å²) in [4.78, 5) is 0. The van der Waals surface area contributed by atoms with E-state index in [4.69, 9.17) is 9.47 Å². The van der Waals surface area contributed by atoms with E-state index < -0.39 is 0 Å². The van der Waals surface area contributed by atoms with Crippen LogP contribution in [-0.2, 0) is 4.74 Å². The summed E-state index contributed by atoms with van der Waals surface area (Å²) in [5.41, 5.74) is 3.64. The molecule has 2 aromatic rings. The largest absolute Gasteiger partial charge is 0.490 e. The normalized spacial score (nSPS) is 14.8. The van der Waals surface area contributed by atoms with E-state index in [1.165, 1.54) is 23.5 Å². The molecule has 1 aliphatic heterocycles. The molecule has 2 nitrogen and oxygen atoms in total. The Morgan fingerprint density at radius 3 is 2.27 bits per heavy atom. The second kappa shape index (κ2) is 10.1.